The Morgan fingerprint density at radius 2 is 2.33 bits per heavy atom. The molecule has 15 heavy (non-hydrogen) atoms. The van der Waals surface area contributed by atoms with E-state index in [0.717, 1.165) is 5.69 Å². The van der Waals surface area contributed by atoms with Gasteiger partial charge < -0.3 is 20.9 Å². The summed E-state index contributed by atoms with van der Waals surface area (Å²) in [5, 5.41) is 12.0. The van der Waals surface area contributed by atoms with Gasteiger partial charge in [0.15, 0.2) is 5.75 Å². The Balaban J connectivity index is 2.39. The second-order valence-corrected chi connectivity index (χ2v) is 3.53. The molecule has 1 aromatic carbocycles. The molecule has 1 aliphatic rings. The van der Waals surface area contributed by atoms with Crippen LogP contribution in [0.5, 0.6) is 5.75 Å². The highest BCUT2D eigenvalue weighted by Gasteiger charge is 2.32. The number of rotatable bonds is 1. The van der Waals surface area contributed by atoms with Gasteiger partial charge in [-0.2, -0.15) is 0 Å². The Bertz CT molecular complexity index is 406. The Kier molecular flexibility index (Phi) is 2.15. The molecule has 0 bridgehead atoms. The number of nitrogen functional groups attached to an aromatic ring is 1. The standard InChI is InChI=1S/C10H12N2O3/c1-5-8(10(13)14)15-9-6(11)3-2-4-7(9)12-5/h2-5,8,12H,11H2,1H3,(H,13,14). The predicted molar refractivity (Wildman–Crippen MR) is 56.0 cm³/mol. The number of aliphatic carboxylic acids is 1. The third kappa shape index (κ3) is 1.56. The summed E-state index contributed by atoms with van der Waals surface area (Å²) in [4.78, 5) is 10.9. The van der Waals surface area contributed by atoms with E-state index in [1.54, 1.807) is 25.1 Å². The first-order valence-corrected chi connectivity index (χ1v) is 4.64. The van der Waals surface area contributed by atoms with E-state index in [0.29, 0.717) is 11.4 Å². The van der Waals surface area contributed by atoms with Gasteiger partial charge in [-0.05, 0) is 19.1 Å². The molecule has 0 aliphatic carbocycles. The Morgan fingerprint density at radius 1 is 1.60 bits per heavy atom. The van der Waals surface area contributed by atoms with Gasteiger partial charge >= 0.3 is 5.97 Å². The van der Waals surface area contributed by atoms with Gasteiger partial charge in [0.1, 0.15) is 0 Å². The number of benzene rings is 1. The summed E-state index contributed by atoms with van der Waals surface area (Å²) in [5.74, 6) is -0.577. The molecular formula is C10H12N2O3. The smallest absolute Gasteiger partial charge is 0.347 e. The third-order valence-corrected chi connectivity index (χ3v) is 2.37. The number of carbonyl (C=O) groups is 1. The van der Waals surface area contributed by atoms with Crippen molar-refractivity contribution in [3.63, 3.8) is 0 Å². The minimum Gasteiger partial charge on any atom is -0.478 e. The average Bonchev–Trinajstić information content (AvgIpc) is 2.16. The monoisotopic (exact) mass is 208 g/mol. The summed E-state index contributed by atoms with van der Waals surface area (Å²) in [6, 6.07) is 4.99. The van der Waals surface area contributed by atoms with E-state index < -0.39 is 12.1 Å². The molecule has 2 rings (SSSR count). The van der Waals surface area contributed by atoms with Crippen molar-refractivity contribution in [2.75, 3.05) is 11.1 Å². The quantitative estimate of drug-likeness (QED) is 0.597. The van der Waals surface area contributed by atoms with Crippen LogP contribution in [0.2, 0.25) is 0 Å². The number of carboxylic acids is 1. The van der Waals surface area contributed by atoms with Gasteiger partial charge in [0, 0.05) is 0 Å². The molecule has 0 aromatic heterocycles. The van der Waals surface area contributed by atoms with Crippen LogP contribution in [0.3, 0.4) is 0 Å². The van der Waals surface area contributed by atoms with Crippen LogP contribution in [0.1, 0.15) is 6.92 Å². The summed E-state index contributed by atoms with van der Waals surface area (Å²) < 4.78 is 5.35. The van der Waals surface area contributed by atoms with E-state index in [4.69, 9.17) is 15.6 Å². The maximum Gasteiger partial charge on any atom is 0.347 e. The number of nitrogens with two attached hydrogens (primary N) is 1. The van der Waals surface area contributed by atoms with Gasteiger partial charge in [-0.3, -0.25) is 0 Å². The Morgan fingerprint density at radius 3 is 3.00 bits per heavy atom. The lowest BCUT2D eigenvalue weighted by Crippen LogP contribution is -2.44. The molecule has 0 saturated heterocycles. The fourth-order valence-electron chi connectivity index (χ4n) is 1.61. The lowest BCUT2D eigenvalue weighted by molar-refractivity contribution is -0.145. The van der Waals surface area contributed by atoms with Gasteiger partial charge in [-0.25, -0.2) is 4.79 Å². The van der Waals surface area contributed by atoms with E-state index in [9.17, 15) is 4.79 Å². The first-order chi connectivity index (χ1) is 7.09. The molecule has 4 N–H and O–H groups in total. The molecule has 5 nitrogen and oxygen atoms in total. The summed E-state index contributed by atoms with van der Waals surface area (Å²) in [6.07, 6.45) is -0.901. The van der Waals surface area contributed by atoms with E-state index in [1.165, 1.54) is 0 Å². The lowest BCUT2D eigenvalue weighted by atomic mass is 10.1. The molecule has 1 aromatic rings. The fraction of sp³-hybridized carbons (Fsp3) is 0.300. The summed E-state index contributed by atoms with van der Waals surface area (Å²) in [6.45, 7) is 1.75. The van der Waals surface area contributed by atoms with E-state index in [2.05, 4.69) is 5.32 Å². The Hall–Kier alpha value is -1.91. The van der Waals surface area contributed by atoms with Crippen molar-refractivity contribution in [2.45, 2.75) is 19.1 Å². The van der Waals surface area contributed by atoms with Gasteiger partial charge in [-0.1, -0.05) is 6.07 Å². The SMILES string of the molecule is CC1Nc2cccc(N)c2OC1C(=O)O. The van der Waals surface area contributed by atoms with Crippen LogP contribution in [0, 0.1) is 0 Å². The molecule has 2 unspecified atom stereocenters. The van der Waals surface area contributed by atoms with Crippen LogP contribution in [-0.2, 0) is 4.79 Å². The van der Waals surface area contributed by atoms with Gasteiger partial charge in [0.05, 0.1) is 17.4 Å². The number of nitrogens with one attached hydrogen (secondary N) is 1. The molecule has 0 spiro atoms. The number of hydrogen-bond donors (Lipinski definition) is 3. The fourth-order valence-corrected chi connectivity index (χ4v) is 1.61. The van der Waals surface area contributed by atoms with Gasteiger partial charge in [0.25, 0.3) is 0 Å². The van der Waals surface area contributed by atoms with Crippen LogP contribution in [-0.4, -0.2) is 23.2 Å². The first kappa shape index (κ1) is 9.64. The number of anilines is 2. The maximum absolute atomic E-state index is 10.9. The molecular weight excluding hydrogens is 196 g/mol. The minimum atomic E-state index is -0.996. The molecule has 2 atom stereocenters. The lowest BCUT2D eigenvalue weighted by Gasteiger charge is -2.30. The van der Waals surface area contributed by atoms with E-state index in [1.807, 2.05) is 0 Å². The molecule has 0 saturated carbocycles. The van der Waals surface area contributed by atoms with Crippen LogP contribution in [0.25, 0.3) is 0 Å². The molecule has 0 fully saturated rings. The zero-order chi connectivity index (χ0) is 11.0. The van der Waals surface area contributed by atoms with Crippen LogP contribution in [0.15, 0.2) is 18.2 Å². The van der Waals surface area contributed by atoms with Crippen LogP contribution in [0.4, 0.5) is 11.4 Å². The Labute approximate surface area is 86.8 Å². The summed E-state index contributed by atoms with van der Waals surface area (Å²) in [7, 11) is 0. The molecule has 0 amide bonds. The van der Waals surface area contributed by atoms with Crippen molar-refractivity contribution in [1.29, 1.82) is 0 Å². The number of ether oxygens (including phenoxy) is 1. The highest BCUT2D eigenvalue weighted by molar-refractivity contribution is 5.79. The highest BCUT2D eigenvalue weighted by atomic mass is 16.5. The summed E-state index contributed by atoms with van der Waals surface area (Å²) in [5.41, 5.74) is 6.87. The predicted octanol–water partition coefficient (Wildman–Crippen LogP) is 0.915. The minimum absolute atomic E-state index is 0.281. The second kappa shape index (κ2) is 3.34. The number of para-hydroxylation sites is 1. The molecule has 80 valence electrons. The van der Waals surface area contributed by atoms with Crippen LogP contribution < -0.4 is 15.8 Å². The van der Waals surface area contributed by atoms with Crippen molar-refractivity contribution >= 4 is 17.3 Å². The highest BCUT2D eigenvalue weighted by Crippen LogP contribution is 2.36. The zero-order valence-electron chi connectivity index (χ0n) is 8.23. The maximum atomic E-state index is 10.9. The second-order valence-electron chi connectivity index (χ2n) is 3.53. The largest absolute Gasteiger partial charge is 0.478 e. The van der Waals surface area contributed by atoms with Crippen molar-refractivity contribution in [3.8, 4) is 5.75 Å². The topological polar surface area (TPSA) is 84.6 Å². The molecule has 0 radical (unpaired) electrons. The third-order valence-electron chi connectivity index (χ3n) is 2.37. The van der Waals surface area contributed by atoms with Crippen molar-refractivity contribution in [3.05, 3.63) is 18.2 Å². The zero-order valence-corrected chi connectivity index (χ0v) is 8.23. The normalized spacial score (nSPS) is 23.5. The van der Waals surface area contributed by atoms with Crippen molar-refractivity contribution in [1.82, 2.24) is 0 Å². The average molecular weight is 208 g/mol. The first-order valence-electron chi connectivity index (χ1n) is 4.64. The van der Waals surface area contributed by atoms with Crippen molar-refractivity contribution in [2.24, 2.45) is 0 Å². The summed E-state index contributed by atoms with van der Waals surface area (Å²) >= 11 is 0. The molecule has 5 heteroatoms. The van der Waals surface area contributed by atoms with E-state index in [-0.39, 0.29) is 6.04 Å². The van der Waals surface area contributed by atoms with E-state index >= 15 is 0 Å². The number of carboxylic acid groups (broad SMARTS) is 1. The van der Waals surface area contributed by atoms with Crippen LogP contribution >= 0.6 is 0 Å². The molecule has 1 heterocycles. The van der Waals surface area contributed by atoms with Gasteiger partial charge in [-0.15, -0.1) is 0 Å². The van der Waals surface area contributed by atoms with Gasteiger partial charge in [0.2, 0.25) is 6.10 Å². The molecule has 1 aliphatic heterocycles. The van der Waals surface area contributed by atoms with Crippen molar-refractivity contribution < 1.29 is 14.6 Å². The number of fused-ring (bicyclic) bond motifs is 1. The number of hydrogen-bond acceptors (Lipinski definition) is 4.